The van der Waals surface area contributed by atoms with Crippen molar-refractivity contribution in [2.75, 3.05) is 13.2 Å². The number of alkyl halides is 6. The van der Waals surface area contributed by atoms with Gasteiger partial charge in [-0.05, 0) is 24.8 Å². The van der Waals surface area contributed by atoms with Gasteiger partial charge >= 0.3 is 18.4 Å². The van der Waals surface area contributed by atoms with E-state index in [2.05, 4.69) is 20.4 Å². The van der Waals surface area contributed by atoms with Gasteiger partial charge in [-0.25, -0.2) is 9.78 Å². The van der Waals surface area contributed by atoms with Crippen LogP contribution in [0.25, 0.3) is 0 Å². The highest BCUT2D eigenvalue weighted by molar-refractivity contribution is 5.73. The van der Waals surface area contributed by atoms with Crippen molar-refractivity contribution in [1.82, 2.24) is 15.6 Å². The van der Waals surface area contributed by atoms with Crippen LogP contribution >= 0.6 is 0 Å². The van der Waals surface area contributed by atoms with Crippen molar-refractivity contribution in [3.05, 3.63) is 23.9 Å². The van der Waals surface area contributed by atoms with Crippen LogP contribution in [0.15, 0.2) is 18.3 Å². The highest BCUT2D eigenvalue weighted by Crippen LogP contribution is 2.59. The normalized spacial score (nSPS) is 16.1. The van der Waals surface area contributed by atoms with Crippen LogP contribution in [0.5, 0.6) is 5.88 Å². The number of nitrogens with one attached hydrogen (secondary N) is 2. The number of pyridine rings is 1. The van der Waals surface area contributed by atoms with Gasteiger partial charge in [0.2, 0.25) is 5.88 Å². The molecule has 0 radical (unpaired) electrons. The monoisotopic (exact) mass is 385 g/mol. The van der Waals surface area contributed by atoms with Gasteiger partial charge in [0.1, 0.15) is 0 Å². The first-order chi connectivity index (χ1) is 12.0. The predicted octanol–water partition coefficient (Wildman–Crippen LogP) is 3.55. The molecule has 0 unspecified atom stereocenters. The third-order valence-corrected chi connectivity index (χ3v) is 3.98. The third-order valence-electron chi connectivity index (χ3n) is 3.98. The van der Waals surface area contributed by atoms with E-state index in [1.54, 1.807) is 0 Å². The Bertz CT molecular complexity index is 611. The van der Waals surface area contributed by atoms with Gasteiger partial charge in [-0.15, -0.1) is 0 Å². The number of amides is 2. The molecule has 1 aliphatic carbocycles. The molecule has 5 nitrogen and oxygen atoms in total. The Morgan fingerprint density at radius 3 is 2.35 bits per heavy atom. The van der Waals surface area contributed by atoms with E-state index < -0.39 is 30.4 Å². The number of rotatable bonds is 7. The van der Waals surface area contributed by atoms with Crippen molar-refractivity contribution in [2.24, 2.45) is 5.41 Å². The van der Waals surface area contributed by atoms with Gasteiger partial charge in [-0.3, -0.25) is 0 Å². The Morgan fingerprint density at radius 2 is 1.85 bits per heavy atom. The lowest BCUT2D eigenvalue weighted by Gasteiger charge is -2.19. The zero-order valence-corrected chi connectivity index (χ0v) is 13.5. The van der Waals surface area contributed by atoms with Crippen LogP contribution in [-0.2, 0) is 6.54 Å². The van der Waals surface area contributed by atoms with E-state index in [4.69, 9.17) is 0 Å². The highest BCUT2D eigenvalue weighted by Gasteiger charge is 2.62. The summed E-state index contributed by atoms with van der Waals surface area (Å²) in [5.41, 5.74) is -1.18. The van der Waals surface area contributed by atoms with Gasteiger partial charge < -0.3 is 15.4 Å². The van der Waals surface area contributed by atoms with Crippen molar-refractivity contribution >= 4 is 6.03 Å². The van der Waals surface area contributed by atoms with Gasteiger partial charge in [0, 0.05) is 25.4 Å². The summed E-state index contributed by atoms with van der Waals surface area (Å²) >= 11 is 0. The molecule has 1 fully saturated rings. The van der Waals surface area contributed by atoms with E-state index in [9.17, 15) is 31.1 Å². The fraction of sp³-hybridized carbons (Fsp3) is 0.600. The van der Waals surface area contributed by atoms with Gasteiger partial charge in [0.15, 0.2) is 6.61 Å². The smallest absolute Gasteiger partial charge is 0.422 e. The minimum atomic E-state index is -4.47. The number of carbonyl (C=O) groups excluding carboxylic acids is 1. The molecule has 0 aliphatic heterocycles. The van der Waals surface area contributed by atoms with Gasteiger partial charge in [-0.1, -0.05) is 6.07 Å². The standard InChI is InChI=1S/C15H17F6N3O2/c16-14(17,18)9-26-11-2-1-10(7-23-11)8-24-12(25)22-6-5-13(3-4-13)15(19,20)21/h1-2,7H,3-6,8-9H2,(H2,22,24,25). The summed E-state index contributed by atoms with van der Waals surface area (Å²) < 4.78 is 78.7. The second kappa shape index (κ2) is 7.58. The molecule has 1 saturated carbocycles. The quantitative estimate of drug-likeness (QED) is 0.706. The molecule has 0 bridgehead atoms. The SMILES string of the molecule is O=C(NCCC1(C(F)(F)F)CC1)NCc1ccc(OCC(F)(F)F)nc1. The summed E-state index contributed by atoms with van der Waals surface area (Å²) in [5.74, 6) is -0.211. The zero-order valence-electron chi connectivity index (χ0n) is 13.5. The summed E-state index contributed by atoms with van der Waals surface area (Å²) in [7, 11) is 0. The number of hydrogen-bond donors (Lipinski definition) is 2. The largest absolute Gasteiger partial charge is 0.468 e. The molecule has 2 amide bonds. The Hall–Kier alpha value is -2.20. The van der Waals surface area contributed by atoms with Crippen LogP contribution in [0.2, 0.25) is 0 Å². The molecule has 0 saturated heterocycles. The third kappa shape index (κ3) is 5.95. The van der Waals surface area contributed by atoms with Crippen LogP contribution in [0, 0.1) is 5.41 Å². The molecular weight excluding hydrogens is 368 g/mol. The first-order valence-electron chi connectivity index (χ1n) is 7.74. The van der Waals surface area contributed by atoms with Crippen molar-refractivity contribution in [1.29, 1.82) is 0 Å². The molecule has 1 aromatic rings. The maximum absolute atomic E-state index is 12.7. The van der Waals surface area contributed by atoms with Gasteiger partial charge in [-0.2, -0.15) is 26.3 Å². The molecule has 0 aromatic carbocycles. The second-order valence-corrected chi connectivity index (χ2v) is 6.05. The number of halogens is 6. The van der Waals surface area contributed by atoms with Gasteiger partial charge in [0.25, 0.3) is 0 Å². The molecule has 11 heteroatoms. The first-order valence-corrected chi connectivity index (χ1v) is 7.74. The molecule has 1 aliphatic rings. The van der Waals surface area contributed by atoms with E-state index in [1.807, 2.05) is 0 Å². The molecule has 1 heterocycles. The van der Waals surface area contributed by atoms with E-state index >= 15 is 0 Å². The summed E-state index contributed by atoms with van der Waals surface area (Å²) in [6.45, 7) is -1.55. The lowest BCUT2D eigenvalue weighted by atomic mass is 10.0. The number of urea groups is 1. The van der Waals surface area contributed by atoms with E-state index in [-0.39, 0.29) is 38.2 Å². The van der Waals surface area contributed by atoms with Crippen LogP contribution < -0.4 is 15.4 Å². The first kappa shape index (κ1) is 20.1. The minimum Gasteiger partial charge on any atom is -0.468 e. The molecule has 2 N–H and O–H groups in total. The Morgan fingerprint density at radius 1 is 1.15 bits per heavy atom. The van der Waals surface area contributed by atoms with Crippen molar-refractivity contribution in [2.45, 2.75) is 38.2 Å². The molecule has 1 aromatic heterocycles. The van der Waals surface area contributed by atoms with E-state index in [0.717, 1.165) is 0 Å². The van der Waals surface area contributed by atoms with Crippen LogP contribution in [0.4, 0.5) is 31.1 Å². The maximum Gasteiger partial charge on any atom is 0.422 e. The molecule has 2 rings (SSSR count). The predicted molar refractivity (Wildman–Crippen MR) is 78.4 cm³/mol. The number of nitrogens with zero attached hydrogens (tertiary/aromatic N) is 1. The number of carbonyl (C=O) groups is 1. The number of ether oxygens (including phenoxy) is 1. The van der Waals surface area contributed by atoms with Gasteiger partial charge in [0.05, 0.1) is 5.41 Å². The maximum atomic E-state index is 12.7. The topological polar surface area (TPSA) is 63.2 Å². The van der Waals surface area contributed by atoms with E-state index in [0.29, 0.717) is 5.56 Å². The van der Waals surface area contributed by atoms with Crippen molar-refractivity contribution in [3.63, 3.8) is 0 Å². The second-order valence-electron chi connectivity index (χ2n) is 6.05. The van der Waals surface area contributed by atoms with Crippen molar-refractivity contribution < 1.29 is 35.9 Å². The fourth-order valence-electron chi connectivity index (χ4n) is 2.24. The fourth-order valence-corrected chi connectivity index (χ4v) is 2.24. The lowest BCUT2D eigenvalue weighted by molar-refractivity contribution is -0.188. The summed E-state index contributed by atoms with van der Waals surface area (Å²) in [6.07, 6.45) is -7.51. The average molecular weight is 385 g/mol. The van der Waals surface area contributed by atoms with E-state index in [1.165, 1.54) is 18.3 Å². The molecular formula is C15H17F6N3O2. The molecule has 26 heavy (non-hydrogen) atoms. The summed E-state index contributed by atoms with van der Waals surface area (Å²) in [6, 6.07) is 2.00. The van der Waals surface area contributed by atoms with Crippen LogP contribution in [-0.4, -0.2) is 36.5 Å². The highest BCUT2D eigenvalue weighted by atomic mass is 19.4. The number of hydrogen-bond acceptors (Lipinski definition) is 3. The molecule has 0 spiro atoms. The summed E-state index contributed by atoms with van der Waals surface area (Å²) in [5, 5.41) is 4.78. The molecule has 0 atom stereocenters. The summed E-state index contributed by atoms with van der Waals surface area (Å²) in [4.78, 5) is 15.2. The Balaban J connectivity index is 1.67. The van der Waals surface area contributed by atoms with Crippen LogP contribution in [0.1, 0.15) is 24.8 Å². The lowest BCUT2D eigenvalue weighted by Crippen LogP contribution is -2.37. The van der Waals surface area contributed by atoms with Crippen LogP contribution in [0.3, 0.4) is 0 Å². The van der Waals surface area contributed by atoms with Crippen molar-refractivity contribution in [3.8, 4) is 5.88 Å². The Kier molecular flexibility index (Phi) is 5.87. The Labute approximate surface area is 145 Å². The average Bonchev–Trinajstić information content (AvgIpc) is 3.32. The number of aromatic nitrogens is 1. The minimum absolute atomic E-state index is 0.0167. The zero-order chi connectivity index (χ0) is 19.4. The molecule has 146 valence electrons.